The summed E-state index contributed by atoms with van der Waals surface area (Å²) in [5.41, 5.74) is 3.64. The van der Waals surface area contributed by atoms with E-state index < -0.39 is 0 Å². The molecular formula is C15H22Cl2N4O. The Balaban J connectivity index is 0.00000121. The number of aromatic amines is 1. The van der Waals surface area contributed by atoms with Gasteiger partial charge in [0.05, 0.1) is 11.0 Å². The lowest BCUT2D eigenvalue weighted by atomic mass is 10.1. The van der Waals surface area contributed by atoms with Gasteiger partial charge in [0, 0.05) is 44.5 Å². The highest BCUT2D eigenvalue weighted by Crippen LogP contribution is 2.12. The number of rotatable bonds is 3. The van der Waals surface area contributed by atoms with Gasteiger partial charge in [0.1, 0.15) is 0 Å². The number of piperazine rings is 1. The van der Waals surface area contributed by atoms with Gasteiger partial charge in [-0.25, -0.2) is 0 Å². The number of nitrogens with zero attached hydrogens (tertiary/aromatic N) is 2. The second-order valence-corrected chi connectivity index (χ2v) is 5.28. The van der Waals surface area contributed by atoms with Crippen LogP contribution in [0.4, 0.5) is 0 Å². The number of hydrogen-bond donors (Lipinski definition) is 2. The number of aryl methyl sites for hydroxylation is 1. The normalized spacial score (nSPS) is 15.1. The molecule has 0 atom stereocenters. The Kier molecular flexibility index (Phi) is 7.29. The van der Waals surface area contributed by atoms with E-state index in [1.165, 1.54) is 0 Å². The average Bonchev–Trinajstić information content (AvgIpc) is 2.47. The van der Waals surface area contributed by atoms with Crippen LogP contribution in [0.2, 0.25) is 0 Å². The minimum atomic E-state index is 0. The fourth-order valence-corrected chi connectivity index (χ4v) is 2.64. The van der Waals surface area contributed by atoms with E-state index in [1.807, 2.05) is 25.3 Å². The molecule has 3 heterocycles. The molecule has 1 aliphatic rings. The van der Waals surface area contributed by atoms with Crippen LogP contribution < -0.4 is 10.9 Å². The molecule has 7 heteroatoms. The van der Waals surface area contributed by atoms with Crippen LogP contribution in [0.5, 0.6) is 0 Å². The minimum Gasteiger partial charge on any atom is -0.320 e. The quantitative estimate of drug-likeness (QED) is 0.890. The fraction of sp³-hybridized carbons (Fsp3) is 0.467. The third-order valence-electron chi connectivity index (χ3n) is 3.82. The molecular weight excluding hydrogens is 323 g/mol. The van der Waals surface area contributed by atoms with E-state index in [-0.39, 0.29) is 30.4 Å². The van der Waals surface area contributed by atoms with Gasteiger partial charge in [-0.3, -0.25) is 14.7 Å². The Morgan fingerprint density at radius 2 is 1.95 bits per heavy atom. The molecule has 0 saturated carbocycles. The van der Waals surface area contributed by atoms with E-state index in [0.29, 0.717) is 0 Å². The van der Waals surface area contributed by atoms with E-state index >= 15 is 0 Å². The summed E-state index contributed by atoms with van der Waals surface area (Å²) < 4.78 is 0. The van der Waals surface area contributed by atoms with Crippen molar-refractivity contribution in [3.8, 4) is 0 Å². The second kappa shape index (κ2) is 8.48. The first-order chi connectivity index (χ1) is 9.76. The van der Waals surface area contributed by atoms with Crippen molar-refractivity contribution in [2.75, 3.05) is 26.2 Å². The maximum atomic E-state index is 11.9. The highest BCUT2D eigenvalue weighted by Gasteiger charge is 2.11. The lowest BCUT2D eigenvalue weighted by molar-refractivity contribution is 0.233. The first kappa shape index (κ1) is 18.9. The van der Waals surface area contributed by atoms with Crippen LogP contribution in [0.1, 0.15) is 18.1 Å². The van der Waals surface area contributed by atoms with E-state index in [2.05, 4.69) is 20.2 Å². The summed E-state index contributed by atoms with van der Waals surface area (Å²) in [6.07, 6.45) is 2.65. The maximum absolute atomic E-state index is 11.9. The van der Waals surface area contributed by atoms with Crippen molar-refractivity contribution in [1.29, 1.82) is 0 Å². The molecule has 2 aromatic heterocycles. The molecule has 1 aliphatic heterocycles. The SMILES string of the molecule is CCc1cc2ncc(CN3CCNCC3)cc2[nH]c1=O.Cl.Cl. The molecule has 3 rings (SSSR count). The van der Waals surface area contributed by atoms with Crippen molar-refractivity contribution < 1.29 is 0 Å². The Morgan fingerprint density at radius 3 is 2.64 bits per heavy atom. The second-order valence-electron chi connectivity index (χ2n) is 5.28. The summed E-state index contributed by atoms with van der Waals surface area (Å²) in [5, 5.41) is 3.35. The predicted molar refractivity (Wildman–Crippen MR) is 94.4 cm³/mol. The largest absolute Gasteiger partial charge is 0.320 e. The molecule has 22 heavy (non-hydrogen) atoms. The molecule has 5 nitrogen and oxygen atoms in total. The maximum Gasteiger partial charge on any atom is 0.251 e. The van der Waals surface area contributed by atoms with Crippen molar-refractivity contribution in [3.63, 3.8) is 0 Å². The van der Waals surface area contributed by atoms with Gasteiger partial charge in [0.15, 0.2) is 0 Å². The highest BCUT2D eigenvalue weighted by molar-refractivity contribution is 5.85. The molecule has 0 spiro atoms. The summed E-state index contributed by atoms with van der Waals surface area (Å²) in [4.78, 5) is 21.7. The van der Waals surface area contributed by atoms with E-state index in [0.717, 1.165) is 61.3 Å². The third kappa shape index (κ3) is 4.20. The lowest BCUT2D eigenvalue weighted by Crippen LogP contribution is -2.42. The van der Waals surface area contributed by atoms with Crippen LogP contribution in [-0.2, 0) is 13.0 Å². The highest BCUT2D eigenvalue weighted by atomic mass is 35.5. The van der Waals surface area contributed by atoms with E-state index in [1.54, 1.807) is 0 Å². The van der Waals surface area contributed by atoms with Gasteiger partial charge in [-0.05, 0) is 24.1 Å². The smallest absolute Gasteiger partial charge is 0.251 e. The van der Waals surface area contributed by atoms with Crippen LogP contribution in [0.15, 0.2) is 23.1 Å². The summed E-state index contributed by atoms with van der Waals surface area (Å²) in [5.74, 6) is 0. The summed E-state index contributed by atoms with van der Waals surface area (Å²) in [6.45, 7) is 7.07. The Labute approximate surface area is 142 Å². The number of H-pyrrole nitrogens is 1. The molecule has 1 saturated heterocycles. The number of hydrogen-bond acceptors (Lipinski definition) is 4. The molecule has 1 fully saturated rings. The van der Waals surface area contributed by atoms with Gasteiger partial charge in [-0.2, -0.15) is 0 Å². The van der Waals surface area contributed by atoms with Gasteiger partial charge in [-0.15, -0.1) is 24.8 Å². The third-order valence-corrected chi connectivity index (χ3v) is 3.82. The molecule has 122 valence electrons. The van der Waals surface area contributed by atoms with E-state index in [9.17, 15) is 4.79 Å². The molecule has 0 unspecified atom stereocenters. The molecule has 2 aromatic rings. The molecule has 0 aliphatic carbocycles. The zero-order valence-electron chi connectivity index (χ0n) is 12.6. The molecule has 2 N–H and O–H groups in total. The Bertz CT molecular complexity index is 668. The topological polar surface area (TPSA) is 61.0 Å². The van der Waals surface area contributed by atoms with Crippen LogP contribution in [-0.4, -0.2) is 41.0 Å². The van der Waals surface area contributed by atoms with Crippen LogP contribution >= 0.6 is 24.8 Å². The van der Waals surface area contributed by atoms with Gasteiger partial charge >= 0.3 is 0 Å². The molecule has 0 amide bonds. The summed E-state index contributed by atoms with van der Waals surface area (Å²) in [7, 11) is 0. The van der Waals surface area contributed by atoms with Crippen LogP contribution in [0.25, 0.3) is 11.0 Å². The standard InChI is InChI=1S/C15H20N4O.2ClH/c1-2-12-8-13-14(18-15(12)20)7-11(9-17-13)10-19-5-3-16-4-6-19;;/h7-9,16H,2-6,10H2,1H3,(H,18,20);2*1H. The Hall–Kier alpha value is -1.14. The van der Waals surface area contributed by atoms with Crippen molar-refractivity contribution in [2.45, 2.75) is 19.9 Å². The van der Waals surface area contributed by atoms with E-state index in [4.69, 9.17) is 0 Å². The minimum absolute atomic E-state index is 0. The van der Waals surface area contributed by atoms with Crippen molar-refractivity contribution in [1.82, 2.24) is 20.2 Å². The van der Waals surface area contributed by atoms with Crippen molar-refractivity contribution in [2.24, 2.45) is 0 Å². The molecule has 0 radical (unpaired) electrons. The van der Waals surface area contributed by atoms with Gasteiger partial charge in [0.25, 0.3) is 5.56 Å². The van der Waals surface area contributed by atoms with Crippen LogP contribution in [0, 0.1) is 0 Å². The number of fused-ring (bicyclic) bond motifs is 1. The first-order valence-electron chi connectivity index (χ1n) is 7.20. The van der Waals surface area contributed by atoms with Gasteiger partial charge < -0.3 is 10.3 Å². The molecule has 0 bridgehead atoms. The Morgan fingerprint density at radius 1 is 1.23 bits per heavy atom. The zero-order chi connectivity index (χ0) is 13.9. The van der Waals surface area contributed by atoms with Crippen LogP contribution in [0.3, 0.4) is 0 Å². The fourth-order valence-electron chi connectivity index (χ4n) is 2.64. The predicted octanol–water partition coefficient (Wildman–Crippen LogP) is 1.73. The van der Waals surface area contributed by atoms with Gasteiger partial charge in [0.2, 0.25) is 0 Å². The monoisotopic (exact) mass is 344 g/mol. The number of halogens is 2. The number of nitrogens with one attached hydrogen (secondary N) is 2. The summed E-state index contributed by atoms with van der Waals surface area (Å²) in [6, 6.07) is 3.94. The average molecular weight is 345 g/mol. The van der Waals surface area contributed by atoms with Crippen molar-refractivity contribution in [3.05, 3.63) is 39.8 Å². The summed E-state index contributed by atoms with van der Waals surface area (Å²) >= 11 is 0. The number of aromatic nitrogens is 2. The first-order valence-corrected chi connectivity index (χ1v) is 7.20. The van der Waals surface area contributed by atoms with Gasteiger partial charge in [-0.1, -0.05) is 6.92 Å². The number of pyridine rings is 2. The zero-order valence-corrected chi connectivity index (χ0v) is 14.2. The molecule has 0 aromatic carbocycles. The lowest BCUT2D eigenvalue weighted by Gasteiger charge is -2.27. The van der Waals surface area contributed by atoms with Crippen molar-refractivity contribution >= 4 is 35.8 Å².